The van der Waals surface area contributed by atoms with Crippen LogP contribution in [0.2, 0.25) is 0 Å². The van der Waals surface area contributed by atoms with Crippen molar-refractivity contribution in [1.82, 2.24) is 5.32 Å². The third-order valence-electron chi connectivity index (χ3n) is 3.91. The van der Waals surface area contributed by atoms with Crippen LogP contribution in [0.1, 0.15) is 25.7 Å². The zero-order valence-corrected chi connectivity index (χ0v) is 10.6. The van der Waals surface area contributed by atoms with E-state index in [-0.39, 0.29) is 5.91 Å². The van der Waals surface area contributed by atoms with Crippen molar-refractivity contribution in [3.8, 4) is 0 Å². The fourth-order valence-electron chi connectivity index (χ4n) is 2.96. The van der Waals surface area contributed by atoms with Crippen molar-refractivity contribution >= 4 is 5.91 Å². The number of ether oxygens (including phenoxy) is 2. The molecule has 0 aliphatic heterocycles. The van der Waals surface area contributed by atoms with Crippen LogP contribution in [0.3, 0.4) is 0 Å². The van der Waals surface area contributed by atoms with Crippen LogP contribution in [-0.2, 0) is 14.3 Å². The van der Waals surface area contributed by atoms with Crippen LogP contribution in [0.25, 0.3) is 0 Å². The van der Waals surface area contributed by atoms with Gasteiger partial charge in [-0.3, -0.25) is 4.79 Å². The molecule has 4 heteroatoms. The van der Waals surface area contributed by atoms with Gasteiger partial charge in [-0.2, -0.15) is 0 Å². The first kappa shape index (κ1) is 12.8. The van der Waals surface area contributed by atoms with Gasteiger partial charge < -0.3 is 14.8 Å². The molecule has 2 fully saturated rings. The fourth-order valence-corrected chi connectivity index (χ4v) is 2.96. The highest BCUT2D eigenvalue weighted by molar-refractivity contribution is 5.82. The predicted octanol–water partition coefficient (Wildman–Crippen LogP) is 1.20. The molecule has 1 N–H and O–H groups in total. The summed E-state index contributed by atoms with van der Waals surface area (Å²) in [6, 6.07) is 0. The van der Waals surface area contributed by atoms with Crippen molar-refractivity contribution in [3.05, 3.63) is 0 Å². The van der Waals surface area contributed by atoms with Gasteiger partial charge in [-0.15, -0.1) is 0 Å². The van der Waals surface area contributed by atoms with E-state index in [1.165, 1.54) is 19.3 Å². The van der Waals surface area contributed by atoms with Gasteiger partial charge in [0.25, 0.3) is 0 Å². The van der Waals surface area contributed by atoms with Crippen molar-refractivity contribution in [2.45, 2.75) is 25.7 Å². The molecular weight excluding hydrogens is 218 g/mol. The Morgan fingerprint density at radius 3 is 2.71 bits per heavy atom. The Kier molecular flexibility index (Phi) is 4.80. The second-order valence-electron chi connectivity index (χ2n) is 5.03. The number of fused-ring (bicyclic) bond motifs is 1. The number of hydrogen-bond acceptors (Lipinski definition) is 3. The summed E-state index contributed by atoms with van der Waals surface area (Å²) in [5, 5.41) is 3.01. The standard InChI is InChI=1S/C13H23NO3/c1-16-8-9-17-7-3-6-14-13(15)12-10-4-2-5-11(10)12/h10-12H,2-9H2,1H3,(H,14,15). The Hall–Kier alpha value is -0.610. The summed E-state index contributed by atoms with van der Waals surface area (Å²) in [4.78, 5) is 11.8. The molecule has 2 rings (SSSR count). The molecule has 1 amide bonds. The molecular formula is C13H23NO3. The summed E-state index contributed by atoms with van der Waals surface area (Å²) >= 11 is 0. The zero-order valence-electron chi connectivity index (χ0n) is 10.6. The van der Waals surface area contributed by atoms with E-state index < -0.39 is 0 Å². The lowest BCUT2D eigenvalue weighted by molar-refractivity contribution is -0.123. The van der Waals surface area contributed by atoms with Crippen molar-refractivity contribution in [2.75, 3.05) is 33.5 Å². The van der Waals surface area contributed by atoms with Gasteiger partial charge in [0, 0.05) is 26.2 Å². The van der Waals surface area contributed by atoms with E-state index in [2.05, 4.69) is 5.32 Å². The number of amides is 1. The third kappa shape index (κ3) is 3.42. The van der Waals surface area contributed by atoms with Gasteiger partial charge in [-0.25, -0.2) is 0 Å². The van der Waals surface area contributed by atoms with Crippen LogP contribution in [0.4, 0.5) is 0 Å². The quantitative estimate of drug-likeness (QED) is 0.650. The molecule has 17 heavy (non-hydrogen) atoms. The fraction of sp³-hybridized carbons (Fsp3) is 0.923. The van der Waals surface area contributed by atoms with Crippen LogP contribution in [-0.4, -0.2) is 39.4 Å². The molecule has 0 saturated heterocycles. The number of nitrogens with one attached hydrogen (secondary N) is 1. The molecule has 4 nitrogen and oxygen atoms in total. The SMILES string of the molecule is COCCOCCCNC(=O)C1C2CCCC21. The van der Waals surface area contributed by atoms with E-state index in [0.717, 1.165) is 13.0 Å². The minimum Gasteiger partial charge on any atom is -0.382 e. The number of methoxy groups -OCH3 is 1. The van der Waals surface area contributed by atoms with Crippen LogP contribution in [0.5, 0.6) is 0 Å². The molecule has 0 bridgehead atoms. The number of carbonyl (C=O) groups is 1. The molecule has 2 aliphatic rings. The Labute approximate surface area is 103 Å². The first-order valence-corrected chi connectivity index (χ1v) is 6.69. The highest BCUT2D eigenvalue weighted by Crippen LogP contribution is 2.57. The summed E-state index contributed by atoms with van der Waals surface area (Å²) in [6.45, 7) is 2.71. The smallest absolute Gasteiger partial charge is 0.223 e. The minimum absolute atomic E-state index is 0.275. The summed E-state index contributed by atoms with van der Waals surface area (Å²) < 4.78 is 10.2. The predicted molar refractivity (Wildman–Crippen MR) is 64.6 cm³/mol. The molecule has 0 spiro atoms. The average Bonchev–Trinajstić information content (AvgIpc) is 2.82. The second-order valence-corrected chi connectivity index (χ2v) is 5.03. The molecule has 0 radical (unpaired) electrons. The lowest BCUT2D eigenvalue weighted by Crippen LogP contribution is -2.28. The van der Waals surface area contributed by atoms with Gasteiger partial charge in [0.2, 0.25) is 5.91 Å². The van der Waals surface area contributed by atoms with Gasteiger partial charge in [-0.1, -0.05) is 6.42 Å². The van der Waals surface area contributed by atoms with Crippen LogP contribution in [0, 0.1) is 17.8 Å². The molecule has 2 unspecified atom stereocenters. The number of carbonyl (C=O) groups excluding carboxylic acids is 1. The van der Waals surface area contributed by atoms with Crippen molar-refractivity contribution in [3.63, 3.8) is 0 Å². The summed E-state index contributed by atoms with van der Waals surface area (Å²) in [6.07, 6.45) is 4.75. The maximum atomic E-state index is 11.8. The summed E-state index contributed by atoms with van der Waals surface area (Å²) in [7, 11) is 1.66. The van der Waals surface area contributed by atoms with Crippen LogP contribution < -0.4 is 5.32 Å². The van der Waals surface area contributed by atoms with Gasteiger partial charge in [-0.05, 0) is 31.1 Å². The van der Waals surface area contributed by atoms with Gasteiger partial charge in [0.05, 0.1) is 13.2 Å². The topological polar surface area (TPSA) is 47.6 Å². The Balaban J connectivity index is 1.44. The normalized spacial score (nSPS) is 30.1. The van der Waals surface area contributed by atoms with Crippen LogP contribution >= 0.6 is 0 Å². The van der Waals surface area contributed by atoms with E-state index in [9.17, 15) is 4.79 Å². The first-order valence-electron chi connectivity index (χ1n) is 6.69. The van der Waals surface area contributed by atoms with Gasteiger partial charge in [0.15, 0.2) is 0 Å². The van der Waals surface area contributed by atoms with E-state index in [1.807, 2.05) is 0 Å². The Bertz CT molecular complexity index is 247. The Morgan fingerprint density at radius 2 is 2.00 bits per heavy atom. The second kappa shape index (κ2) is 6.36. The third-order valence-corrected chi connectivity index (χ3v) is 3.91. The molecule has 2 atom stereocenters. The van der Waals surface area contributed by atoms with Gasteiger partial charge in [0.1, 0.15) is 0 Å². The Morgan fingerprint density at radius 1 is 1.24 bits per heavy atom. The maximum absolute atomic E-state index is 11.8. The van der Waals surface area contributed by atoms with E-state index in [0.29, 0.717) is 37.6 Å². The largest absolute Gasteiger partial charge is 0.382 e. The average molecular weight is 241 g/mol. The molecule has 0 aromatic rings. The maximum Gasteiger partial charge on any atom is 0.223 e. The molecule has 2 saturated carbocycles. The van der Waals surface area contributed by atoms with E-state index in [4.69, 9.17) is 9.47 Å². The lowest BCUT2D eigenvalue weighted by Gasteiger charge is -2.07. The van der Waals surface area contributed by atoms with Gasteiger partial charge >= 0.3 is 0 Å². The number of hydrogen-bond donors (Lipinski definition) is 1. The summed E-state index contributed by atoms with van der Waals surface area (Å²) in [5.74, 6) is 2.05. The molecule has 98 valence electrons. The van der Waals surface area contributed by atoms with Crippen molar-refractivity contribution in [2.24, 2.45) is 17.8 Å². The summed E-state index contributed by atoms with van der Waals surface area (Å²) in [5.41, 5.74) is 0. The molecule has 0 aromatic carbocycles. The lowest BCUT2D eigenvalue weighted by atomic mass is 10.1. The van der Waals surface area contributed by atoms with Crippen molar-refractivity contribution in [1.29, 1.82) is 0 Å². The first-order chi connectivity index (χ1) is 8.34. The number of rotatable bonds is 8. The monoisotopic (exact) mass is 241 g/mol. The highest BCUT2D eigenvalue weighted by Gasteiger charge is 2.56. The zero-order chi connectivity index (χ0) is 12.1. The molecule has 0 heterocycles. The van der Waals surface area contributed by atoms with E-state index in [1.54, 1.807) is 7.11 Å². The minimum atomic E-state index is 0.275. The van der Waals surface area contributed by atoms with Crippen molar-refractivity contribution < 1.29 is 14.3 Å². The molecule has 0 aromatic heterocycles. The van der Waals surface area contributed by atoms with Crippen LogP contribution in [0.15, 0.2) is 0 Å². The van der Waals surface area contributed by atoms with E-state index >= 15 is 0 Å². The highest BCUT2D eigenvalue weighted by atomic mass is 16.5. The molecule has 2 aliphatic carbocycles.